The molecule has 1 aromatic carbocycles. The van der Waals surface area contributed by atoms with E-state index >= 15 is 4.39 Å². The van der Waals surface area contributed by atoms with Crippen LogP contribution in [0.5, 0.6) is 0 Å². The Morgan fingerprint density at radius 2 is 2.06 bits per heavy atom. The van der Waals surface area contributed by atoms with Crippen LogP contribution in [-0.4, -0.2) is 68.0 Å². The molecule has 2 atom stereocenters. The van der Waals surface area contributed by atoms with Gasteiger partial charge in [-0.25, -0.2) is 18.8 Å². The molecule has 3 N–H and O–H groups in total. The Kier molecular flexibility index (Phi) is 5.08. The maximum absolute atomic E-state index is 15.5. The number of halogens is 3. The SMILES string of the molecule is O=C(Nc1cn2cc(-c3c(Cl)c(F)c(NN4CCOCC4)c4[nH]ncc34)ncc2n1)[C@@H]1C[C@@H]1F. The second-order valence-corrected chi connectivity index (χ2v) is 8.64. The zero-order valence-corrected chi connectivity index (χ0v) is 18.4. The molecule has 10 nitrogen and oxygen atoms in total. The van der Waals surface area contributed by atoms with Crippen molar-refractivity contribution < 1.29 is 18.3 Å². The Morgan fingerprint density at radius 3 is 2.82 bits per heavy atom. The number of hydrogen-bond acceptors (Lipinski definition) is 7. The number of rotatable bonds is 5. The van der Waals surface area contributed by atoms with Crippen molar-refractivity contribution in [2.75, 3.05) is 37.0 Å². The molecule has 34 heavy (non-hydrogen) atoms. The number of morpholine rings is 1. The normalized spacial score (nSPS) is 20.7. The lowest BCUT2D eigenvalue weighted by atomic mass is 10.1. The summed E-state index contributed by atoms with van der Waals surface area (Å²) in [4.78, 5) is 20.7. The van der Waals surface area contributed by atoms with Gasteiger partial charge in [-0.1, -0.05) is 11.6 Å². The van der Waals surface area contributed by atoms with Crippen LogP contribution in [0.4, 0.5) is 20.3 Å². The number of fused-ring (bicyclic) bond motifs is 2. The Bertz CT molecular complexity index is 1420. The van der Waals surface area contributed by atoms with E-state index in [-0.39, 0.29) is 22.9 Å². The van der Waals surface area contributed by atoms with Crippen LogP contribution in [0.25, 0.3) is 27.8 Å². The van der Waals surface area contributed by atoms with Crippen molar-refractivity contribution in [3.63, 3.8) is 0 Å². The monoisotopic (exact) mass is 488 g/mol. The Morgan fingerprint density at radius 1 is 1.26 bits per heavy atom. The van der Waals surface area contributed by atoms with E-state index in [4.69, 9.17) is 16.3 Å². The van der Waals surface area contributed by atoms with Crippen molar-refractivity contribution in [2.24, 2.45) is 5.92 Å². The van der Waals surface area contributed by atoms with E-state index in [0.29, 0.717) is 54.1 Å². The van der Waals surface area contributed by atoms with Gasteiger partial charge < -0.3 is 19.9 Å². The largest absolute Gasteiger partial charge is 0.379 e. The predicted molar refractivity (Wildman–Crippen MR) is 121 cm³/mol. The fourth-order valence-electron chi connectivity index (χ4n) is 4.05. The summed E-state index contributed by atoms with van der Waals surface area (Å²) in [5, 5.41) is 11.9. The minimum Gasteiger partial charge on any atom is -0.379 e. The van der Waals surface area contributed by atoms with Gasteiger partial charge in [0.25, 0.3) is 0 Å². The maximum atomic E-state index is 15.5. The molecule has 4 heterocycles. The van der Waals surface area contributed by atoms with Gasteiger partial charge in [0.2, 0.25) is 5.91 Å². The number of aromatic amines is 1. The minimum absolute atomic E-state index is 0.104. The lowest BCUT2D eigenvalue weighted by Crippen LogP contribution is -2.40. The number of H-pyrrole nitrogens is 1. The molecule has 1 saturated heterocycles. The summed E-state index contributed by atoms with van der Waals surface area (Å²) >= 11 is 6.51. The van der Waals surface area contributed by atoms with Crippen LogP contribution in [0.1, 0.15) is 6.42 Å². The van der Waals surface area contributed by atoms with Gasteiger partial charge in [0.05, 0.1) is 54.0 Å². The molecule has 2 fully saturated rings. The number of anilines is 2. The number of carbonyl (C=O) groups is 1. The Labute approximate surface area is 196 Å². The number of hydrazine groups is 1. The third kappa shape index (κ3) is 3.63. The molecule has 0 spiro atoms. The van der Waals surface area contributed by atoms with E-state index in [1.54, 1.807) is 23.0 Å². The van der Waals surface area contributed by atoms with Gasteiger partial charge in [0.1, 0.15) is 11.9 Å². The smallest absolute Gasteiger partial charge is 0.231 e. The predicted octanol–water partition coefficient (Wildman–Crippen LogP) is 3.02. The topological polar surface area (TPSA) is 112 Å². The van der Waals surface area contributed by atoms with E-state index in [0.717, 1.165) is 0 Å². The lowest BCUT2D eigenvalue weighted by Gasteiger charge is -2.28. The van der Waals surface area contributed by atoms with E-state index < -0.39 is 23.8 Å². The number of hydrogen-bond donors (Lipinski definition) is 3. The number of amides is 1. The third-order valence-corrected chi connectivity index (χ3v) is 6.32. The molecule has 0 radical (unpaired) electrons. The van der Waals surface area contributed by atoms with Crippen molar-refractivity contribution in [1.29, 1.82) is 0 Å². The van der Waals surface area contributed by atoms with Gasteiger partial charge in [-0.3, -0.25) is 14.9 Å². The number of imidazole rings is 1. The molecule has 0 bridgehead atoms. The van der Waals surface area contributed by atoms with Crippen molar-refractivity contribution in [3.8, 4) is 11.3 Å². The van der Waals surface area contributed by atoms with Crippen LogP contribution < -0.4 is 10.7 Å². The molecular weight excluding hydrogens is 470 g/mol. The molecule has 1 aliphatic heterocycles. The van der Waals surface area contributed by atoms with E-state index in [1.165, 1.54) is 6.20 Å². The zero-order chi connectivity index (χ0) is 23.4. The number of aromatic nitrogens is 5. The van der Waals surface area contributed by atoms with E-state index in [2.05, 4.69) is 30.9 Å². The highest BCUT2D eigenvalue weighted by Gasteiger charge is 2.43. The first-order valence-corrected chi connectivity index (χ1v) is 11.1. The summed E-state index contributed by atoms with van der Waals surface area (Å²) in [6.45, 7) is 2.27. The highest BCUT2D eigenvalue weighted by atomic mass is 35.5. The standard InChI is InChI=1S/C21H19ClF2N8O2/c22-17-16(11-6-26-29-19(11)20(18(17)24)30-32-1-3-34-4-2-32)13-8-31-9-14(27-15(31)7-25-13)28-21(33)10-5-12(10)23/h6-10,12,30H,1-5H2,(H,26,29)(H,28,33)/t10-,12+/m1/s1. The van der Waals surface area contributed by atoms with Gasteiger partial charge in [0.15, 0.2) is 17.3 Å². The van der Waals surface area contributed by atoms with Crippen LogP contribution in [0, 0.1) is 11.7 Å². The first-order valence-electron chi connectivity index (χ1n) is 10.7. The van der Waals surface area contributed by atoms with Crippen molar-refractivity contribution in [2.45, 2.75) is 12.6 Å². The molecule has 2 aliphatic rings. The van der Waals surface area contributed by atoms with Crippen molar-refractivity contribution in [3.05, 3.63) is 35.6 Å². The van der Waals surface area contributed by atoms with Gasteiger partial charge in [0, 0.05) is 30.2 Å². The zero-order valence-electron chi connectivity index (χ0n) is 17.7. The van der Waals surface area contributed by atoms with Gasteiger partial charge in [-0.15, -0.1) is 0 Å². The molecule has 4 aromatic rings. The van der Waals surface area contributed by atoms with Crippen molar-refractivity contribution in [1.82, 2.24) is 29.6 Å². The first kappa shape index (κ1) is 21.2. The van der Waals surface area contributed by atoms with Gasteiger partial charge in [-0.05, 0) is 6.42 Å². The number of ether oxygens (including phenoxy) is 1. The summed E-state index contributed by atoms with van der Waals surface area (Å²) in [5.74, 6) is -1.39. The number of benzene rings is 1. The molecule has 1 amide bonds. The number of nitrogens with one attached hydrogen (secondary N) is 3. The first-order chi connectivity index (χ1) is 16.5. The molecule has 13 heteroatoms. The summed E-state index contributed by atoms with van der Waals surface area (Å²) in [7, 11) is 0. The van der Waals surface area contributed by atoms with E-state index in [9.17, 15) is 9.18 Å². The second-order valence-electron chi connectivity index (χ2n) is 8.26. The Hall–Kier alpha value is -3.35. The summed E-state index contributed by atoms with van der Waals surface area (Å²) < 4.78 is 35.6. The Balaban J connectivity index is 1.37. The highest BCUT2D eigenvalue weighted by molar-refractivity contribution is 6.35. The van der Waals surface area contributed by atoms with Crippen molar-refractivity contribution >= 4 is 45.6 Å². The molecule has 6 rings (SSSR count). The summed E-state index contributed by atoms with van der Waals surface area (Å²) in [5.41, 5.74) is 4.95. The minimum atomic E-state index is -1.10. The van der Waals surface area contributed by atoms with E-state index in [1.807, 2.05) is 5.01 Å². The van der Waals surface area contributed by atoms with Crippen LogP contribution >= 0.6 is 11.6 Å². The average Bonchev–Trinajstić information content (AvgIpc) is 3.19. The third-order valence-electron chi connectivity index (χ3n) is 5.97. The fraction of sp³-hybridized carbons (Fsp3) is 0.333. The van der Waals surface area contributed by atoms with Crippen LogP contribution in [0.15, 0.2) is 24.8 Å². The molecule has 3 aromatic heterocycles. The molecular formula is C21H19ClF2N8O2. The van der Waals surface area contributed by atoms with Crippen LogP contribution in [0.3, 0.4) is 0 Å². The second kappa shape index (κ2) is 8.15. The van der Waals surface area contributed by atoms with Gasteiger partial charge >= 0.3 is 0 Å². The molecule has 1 saturated carbocycles. The number of carbonyl (C=O) groups excluding carboxylic acids is 1. The van der Waals surface area contributed by atoms with Gasteiger partial charge in [-0.2, -0.15) is 5.10 Å². The number of nitrogens with zero attached hydrogens (tertiary/aromatic N) is 5. The molecule has 176 valence electrons. The van der Waals surface area contributed by atoms with Crippen LogP contribution in [-0.2, 0) is 9.53 Å². The average molecular weight is 489 g/mol. The summed E-state index contributed by atoms with van der Waals surface area (Å²) in [6.07, 6.45) is 5.40. The fourth-order valence-corrected chi connectivity index (χ4v) is 4.34. The maximum Gasteiger partial charge on any atom is 0.231 e. The van der Waals surface area contributed by atoms with Crippen LogP contribution in [0.2, 0.25) is 5.02 Å². The number of alkyl halides is 1. The summed E-state index contributed by atoms with van der Waals surface area (Å²) in [6, 6.07) is 0. The quantitative estimate of drug-likeness (QED) is 0.396. The highest BCUT2D eigenvalue weighted by Crippen LogP contribution is 2.41. The molecule has 1 aliphatic carbocycles. The molecule has 0 unspecified atom stereocenters. The lowest BCUT2D eigenvalue weighted by molar-refractivity contribution is -0.117.